The Morgan fingerprint density at radius 3 is 1.66 bits per heavy atom. The van der Waals surface area contributed by atoms with Gasteiger partial charge in [0, 0.05) is 41.2 Å². The highest BCUT2D eigenvalue weighted by atomic mass is 35.5. The van der Waals surface area contributed by atoms with Crippen LogP contribution in [-0.4, -0.2) is 56.6 Å². The van der Waals surface area contributed by atoms with Crippen LogP contribution in [0.15, 0.2) is 102 Å². The molecule has 0 aliphatic carbocycles. The summed E-state index contributed by atoms with van der Waals surface area (Å²) in [5.74, 6) is 0.686. The lowest BCUT2D eigenvalue weighted by Gasteiger charge is -2.44. The van der Waals surface area contributed by atoms with Crippen LogP contribution >= 0.6 is 23.2 Å². The lowest BCUT2D eigenvalue weighted by molar-refractivity contribution is -0.124. The van der Waals surface area contributed by atoms with Gasteiger partial charge in [-0.15, -0.1) is 23.2 Å². The summed E-state index contributed by atoms with van der Waals surface area (Å²) in [6.07, 6.45) is 0. The number of nitrogens with zero attached hydrogens (tertiary/aromatic N) is 4. The van der Waals surface area contributed by atoms with Crippen molar-refractivity contribution in [3.63, 3.8) is 0 Å². The summed E-state index contributed by atoms with van der Waals surface area (Å²) < 4.78 is 0. The molecule has 2 saturated heterocycles. The molecule has 44 heavy (non-hydrogen) atoms. The summed E-state index contributed by atoms with van der Waals surface area (Å²) >= 11 is 12.7. The number of β-lactam (4-membered cyclic amide) rings is 2. The van der Waals surface area contributed by atoms with Crippen molar-refractivity contribution in [3.8, 4) is 11.5 Å². The molecule has 0 spiro atoms. The second-order valence-electron chi connectivity index (χ2n) is 11.1. The predicted octanol–water partition coefficient (Wildman–Crippen LogP) is 5.75. The Bertz CT molecular complexity index is 1780. The summed E-state index contributed by atoms with van der Waals surface area (Å²) in [6, 6.07) is 28.4. The first kappa shape index (κ1) is 28.3. The van der Waals surface area contributed by atoms with Crippen LogP contribution < -0.4 is 9.80 Å². The molecule has 4 aromatic rings. The van der Waals surface area contributed by atoms with Gasteiger partial charge in [0.1, 0.15) is 28.1 Å². The number of phenols is 2. The zero-order valence-corrected chi connectivity index (χ0v) is 24.9. The molecule has 0 bridgehead atoms. The molecule has 2 N–H and O–H groups in total. The van der Waals surface area contributed by atoms with E-state index in [0.29, 0.717) is 29.9 Å². The molecule has 3 aliphatic rings. The second kappa shape index (κ2) is 11.2. The molecule has 2 fully saturated rings. The van der Waals surface area contributed by atoms with Gasteiger partial charge in [-0.1, -0.05) is 48.5 Å². The molecule has 8 nitrogen and oxygen atoms in total. The van der Waals surface area contributed by atoms with Crippen LogP contribution in [0.3, 0.4) is 0 Å². The number of amidine groups is 1. The van der Waals surface area contributed by atoms with Crippen LogP contribution in [0, 0.1) is 0 Å². The number of phenolic OH excluding ortho intramolecular Hbond substituents is 2. The molecule has 0 saturated carbocycles. The molecule has 4 aromatic carbocycles. The maximum atomic E-state index is 12.7. The third-order valence-electron chi connectivity index (χ3n) is 8.49. The second-order valence-corrected chi connectivity index (χ2v) is 12.0. The molecular formula is C34H28Cl2N4O4. The number of amides is 2. The number of hydrogen-bond acceptors (Lipinski definition) is 6. The quantitative estimate of drug-likeness (QED) is 0.201. The van der Waals surface area contributed by atoms with Gasteiger partial charge in [-0.3, -0.25) is 14.6 Å². The summed E-state index contributed by atoms with van der Waals surface area (Å²) in [7, 11) is 0. The Hall–Kier alpha value is -4.53. The molecule has 2 amide bonds. The van der Waals surface area contributed by atoms with E-state index in [0.717, 1.165) is 29.2 Å². The molecule has 0 radical (unpaired) electrons. The zero-order chi connectivity index (χ0) is 30.5. The van der Waals surface area contributed by atoms with Crippen molar-refractivity contribution in [2.75, 3.05) is 22.9 Å². The van der Waals surface area contributed by atoms with Gasteiger partial charge >= 0.3 is 0 Å². The van der Waals surface area contributed by atoms with Gasteiger partial charge in [0.2, 0.25) is 11.8 Å². The molecule has 0 aromatic heterocycles. The van der Waals surface area contributed by atoms with E-state index in [9.17, 15) is 19.8 Å². The van der Waals surface area contributed by atoms with Crippen molar-refractivity contribution >= 4 is 52.2 Å². The van der Waals surface area contributed by atoms with E-state index in [1.165, 1.54) is 0 Å². The highest BCUT2D eigenvalue weighted by molar-refractivity contribution is 6.38. The van der Waals surface area contributed by atoms with Crippen molar-refractivity contribution in [1.29, 1.82) is 0 Å². The SMILES string of the molecule is O=C1C(Cl)C(c2ccccc2O)N1c1ccc(CN2CCN=C2c2ccc(N3C(=O)C(Cl)C3c3ccccc3O)cc2)cc1. The molecule has 3 aliphatic heterocycles. The van der Waals surface area contributed by atoms with Gasteiger partial charge in [-0.2, -0.15) is 0 Å². The maximum absolute atomic E-state index is 12.7. The Labute approximate surface area is 264 Å². The number of aliphatic imine (C=N–C) groups is 1. The number of hydrogen-bond donors (Lipinski definition) is 2. The standard InChI is InChI=1S/C34H28Cl2N4O4/c35-28-30(24-5-1-3-7-26(24)41)39(33(28)43)22-13-9-20(10-14-22)19-38-18-17-37-32(38)21-11-15-23(16-12-21)40-31(29(36)34(40)44)25-6-2-4-8-27(25)42/h1-16,28-31,41-42H,17-19H2. The fourth-order valence-electron chi connectivity index (χ4n) is 6.22. The Balaban J connectivity index is 1.05. The van der Waals surface area contributed by atoms with Crippen molar-refractivity contribution in [2.45, 2.75) is 29.4 Å². The monoisotopic (exact) mass is 626 g/mol. The van der Waals surface area contributed by atoms with Gasteiger partial charge in [-0.05, 0) is 54.1 Å². The largest absolute Gasteiger partial charge is 0.508 e. The molecular weight excluding hydrogens is 599 g/mol. The Morgan fingerprint density at radius 2 is 1.16 bits per heavy atom. The first-order valence-corrected chi connectivity index (χ1v) is 15.2. The number of aromatic hydroxyl groups is 2. The first-order valence-electron chi connectivity index (χ1n) is 14.3. The fourth-order valence-corrected chi connectivity index (χ4v) is 6.92. The minimum Gasteiger partial charge on any atom is -0.508 e. The minimum atomic E-state index is -0.740. The van der Waals surface area contributed by atoms with E-state index >= 15 is 0 Å². The normalized spacial score (nSPS) is 23.0. The van der Waals surface area contributed by atoms with Crippen molar-refractivity contribution < 1.29 is 19.8 Å². The third-order valence-corrected chi connectivity index (χ3v) is 9.34. The summed E-state index contributed by atoms with van der Waals surface area (Å²) in [4.78, 5) is 35.6. The molecule has 7 rings (SSSR count). The highest BCUT2D eigenvalue weighted by Crippen LogP contribution is 2.46. The van der Waals surface area contributed by atoms with Crippen LogP contribution in [0.4, 0.5) is 11.4 Å². The lowest BCUT2D eigenvalue weighted by Crippen LogP contribution is -2.56. The van der Waals surface area contributed by atoms with Crippen molar-refractivity contribution in [1.82, 2.24) is 4.90 Å². The van der Waals surface area contributed by atoms with Gasteiger partial charge in [-0.25, -0.2) is 0 Å². The molecule has 10 heteroatoms. The van der Waals surface area contributed by atoms with E-state index in [1.807, 2.05) is 60.7 Å². The number of anilines is 2. The summed E-state index contributed by atoms with van der Waals surface area (Å²) in [5, 5.41) is 19.2. The average Bonchev–Trinajstić information content (AvgIpc) is 3.51. The fraction of sp³-hybridized carbons (Fsp3) is 0.206. The minimum absolute atomic E-state index is 0.108. The van der Waals surface area contributed by atoms with Crippen LogP contribution in [0.1, 0.15) is 34.3 Å². The van der Waals surface area contributed by atoms with Gasteiger partial charge in [0.25, 0.3) is 0 Å². The van der Waals surface area contributed by atoms with Gasteiger partial charge in [0.15, 0.2) is 0 Å². The lowest BCUT2D eigenvalue weighted by atomic mass is 9.91. The number of carbonyl (C=O) groups is 2. The number of benzene rings is 4. The predicted molar refractivity (Wildman–Crippen MR) is 171 cm³/mol. The Morgan fingerprint density at radius 1 is 0.682 bits per heavy atom. The van der Waals surface area contributed by atoms with E-state index in [1.54, 1.807) is 46.2 Å². The van der Waals surface area contributed by atoms with E-state index in [4.69, 9.17) is 28.2 Å². The third kappa shape index (κ3) is 4.66. The smallest absolute Gasteiger partial charge is 0.248 e. The zero-order valence-electron chi connectivity index (χ0n) is 23.4. The molecule has 4 unspecified atom stereocenters. The number of alkyl halides is 2. The highest BCUT2D eigenvalue weighted by Gasteiger charge is 2.49. The van der Waals surface area contributed by atoms with Crippen LogP contribution in [0.5, 0.6) is 11.5 Å². The topological polar surface area (TPSA) is 96.7 Å². The Kier molecular flexibility index (Phi) is 7.19. The van der Waals surface area contributed by atoms with Crippen molar-refractivity contribution in [3.05, 3.63) is 119 Å². The number of para-hydroxylation sites is 2. The van der Waals surface area contributed by atoms with Crippen molar-refractivity contribution in [2.24, 2.45) is 4.99 Å². The first-order chi connectivity index (χ1) is 21.3. The molecule has 222 valence electrons. The number of carbonyl (C=O) groups excluding carboxylic acids is 2. The van der Waals surface area contributed by atoms with Gasteiger partial charge in [0.05, 0.1) is 18.6 Å². The number of rotatable bonds is 7. The average molecular weight is 628 g/mol. The van der Waals surface area contributed by atoms with E-state index in [2.05, 4.69) is 4.90 Å². The molecule has 4 atom stereocenters. The summed E-state index contributed by atoms with van der Waals surface area (Å²) in [5.41, 5.74) is 4.64. The van der Waals surface area contributed by atoms with Crippen LogP contribution in [-0.2, 0) is 16.1 Å². The maximum Gasteiger partial charge on any atom is 0.248 e. The van der Waals surface area contributed by atoms with Crippen LogP contribution in [0.25, 0.3) is 0 Å². The summed E-state index contributed by atoms with van der Waals surface area (Å²) in [6.45, 7) is 2.06. The van der Waals surface area contributed by atoms with E-state index in [-0.39, 0.29) is 23.3 Å². The molecule has 3 heterocycles. The van der Waals surface area contributed by atoms with Crippen LogP contribution in [0.2, 0.25) is 0 Å². The number of halogens is 2. The van der Waals surface area contributed by atoms with Gasteiger partial charge < -0.3 is 24.9 Å². The van der Waals surface area contributed by atoms with E-state index < -0.39 is 22.8 Å².